The van der Waals surface area contributed by atoms with Crippen LogP contribution >= 0.6 is 0 Å². The zero-order valence-electron chi connectivity index (χ0n) is 4.81. The van der Waals surface area contributed by atoms with Crippen molar-refractivity contribution in [2.45, 2.75) is 32.2 Å². The quantitative estimate of drug-likeness (QED) is 0.400. The van der Waals surface area contributed by atoms with Gasteiger partial charge in [0.15, 0.2) is 0 Å². The predicted molar refractivity (Wildman–Crippen MR) is 32.2 cm³/mol. The summed E-state index contributed by atoms with van der Waals surface area (Å²) in [7, 11) is -0.469. The lowest BCUT2D eigenvalue weighted by Gasteiger charge is -1.85. The van der Waals surface area contributed by atoms with Gasteiger partial charge >= 0.3 is 0 Å². The maximum absolute atomic E-state index is 9.89. The highest BCUT2D eigenvalue weighted by atomic mass is 28.2. The fourth-order valence-electron chi connectivity index (χ4n) is 0.478. The highest BCUT2D eigenvalue weighted by Crippen LogP contribution is 1.95. The highest BCUT2D eigenvalue weighted by molar-refractivity contribution is 6.16. The lowest BCUT2D eigenvalue weighted by molar-refractivity contribution is 0.572. The molecule has 0 unspecified atom stereocenters. The fourth-order valence-corrected chi connectivity index (χ4v) is 0.933. The van der Waals surface area contributed by atoms with Crippen molar-refractivity contribution in [1.29, 1.82) is 0 Å². The minimum absolute atomic E-state index is 0.469. The smallest absolute Gasteiger partial charge is 0.261 e. The first-order valence-electron chi connectivity index (χ1n) is 2.85. The summed E-state index contributed by atoms with van der Waals surface area (Å²) in [6, 6.07) is 0.952. The second-order valence-electron chi connectivity index (χ2n) is 1.66. The van der Waals surface area contributed by atoms with Gasteiger partial charge in [0, 0.05) is 0 Å². The van der Waals surface area contributed by atoms with Gasteiger partial charge in [0.2, 0.25) is 0 Å². The molecule has 0 aromatic carbocycles. The molecular formula is C5H12OSi. The molecule has 0 aromatic rings. The van der Waals surface area contributed by atoms with E-state index >= 15 is 0 Å². The van der Waals surface area contributed by atoms with E-state index < -0.39 is 9.41 Å². The van der Waals surface area contributed by atoms with Crippen molar-refractivity contribution >= 4 is 9.41 Å². The van der Waals surface area contributed by atoms with Crippen LogP contribution in [-0.4, -0.2) is 9.41 Å². The second kappa shape index (κ2) is 6.02. The van der Waals surface area contributed by atoms with Crippen LogP contribution in [-0.2, 0) is 4.46 Å². The van der Waals surface area contributed by atoms with Crippen LogP contribution in [0.5, 0.6) is 0 Å². The third-order valence-electron chi connectivity index (χ3n) is 0.926. The number of unbranched alkanes of at least 4 members (excludes halogenated alkanes) is 2. The number of rotatable bonds is 4. The lowest BCUT2D eigenvalue weighted by Crippen LogP contribution is -1.74. The Bertz CT molecular complexity index is 45.3. The van der Waals surface area contributed by atoms with Crippen molar-refractivity contribution in [1.82, 2.24) is 0 Å². The van der Waals surface area contributed by atoms with Gasteiger partial charge in [-0.05, 0) is 6.04 Å². The lowest BCUT2D eigenvalue weighted by atomic mass is 10.3. The zero-order chi connectivity index (χ0) is 5.54. The summed E-state index contributed by atoms with van der Waals surface area (Å²) in [6.07, 6.45) is 3.64. The first-order chi connectivity index (χ1) is 3.41. The van der Waals surface area contributed by atoms with Gasteiger partial charge in [0.05, 0.1) is 0 Å². The van der Waals surface area contributed by atoms with Crippen LogP contribution in [0.15, 0.2) is 0 Å². The molecule has 42 valence electrons. The summed E-state index contributed by atoms with van der Waals surface area (Å²) in [6.45, 7) is 2.15. The van der Waals surface area contributed by atoms with Gasteiger partial charge in [-0.3, -0.25) is 0 Å². The molecule has 0 aliphatic rings. The Morgan fingerprint density at radius 2 is 2.14 bits per heavy atom. The summed E-state index contributed by atoms with van der Waals surface area (Å²) in [5, 5.41) is 0. The molecule has 0 aliphatic carbocycles. The molecule has 0 aliphatic heterocycles. The van der Waals surface area contributed by atoms with E-state index in [1.807, 2.05) is 0 Å². The van der Waals surface area contributed by atoms with Gasteiger partial charge in [-0.25, -0.2) is 0 Å². The Balaban J connectivity index is 2.56. The van der Waals surface area contributed by atoms with Gasteiger partial charge < -0.3 is 4.46 Å². The molecule has 0 saturated heterocycles. The summed E-state index contributed by atoms with van der Waals surface area (Å²) < 4.78 is 9.89. The van der Waals surface area contributed by atoms with Gasteiger partial charge in [-0.1, -0.05) is 26.2 Å². The van der Waals surface area contributed by atoms with Crippen molar-refractivity contribution < 1.29 is 4.46 Å². The molecule has 0 aromatic heterocycles. The molecule has 7 heavy (non-hydrogen) atoms. The summed E-state index contributed by atoms with van der Waals surface area (Å²) >= 11 is 0. The third-order valence-corrected chi connectivity index (χ3v) is 1.57. The summed E-state index contributed by atoms with van der Waals surface area (Å²) in [5.41, 5.74) is 0. The molecule has 0 atom stereocenters. The Morgan fingerprint density at radius 3 is 2.57 bits per heavy atom. The highest BCUT2D eigenvalue weighted by Gasteiger charge is 1.81. The average Bonchev–Trinajstić information content (AvgIpc) is 1.69. The summed E-state index contributed by atoms with van der Waals surface area (Å²) in [5.74, 6) is 0. The molecule has 2 heteroatoms. The Morgan fingerprint density at radius 1 is 1.43 bits per heavy atom. The first-order valence-corrected chi connectivity index (χ1v) is 4.14. The molecule has 0 heterocycles. The minimum atomic E-state index is -0.469. The van der Waals surface area contributed by atoms with Crippen LogP contribution < -0.4 is 0 Å². The van der Waals surface area contributed by atoms with E-state index in [2.05, 4.69) is 6.92 Å². The predicted octanol–water partition coefficient (Wildman–Crippen LogP) is 1.38. The van der Waals surface area contributed by atoms with Crippen molar-refractivity contribution in [3.63, 3.8) is 0 Å². The standard InChI is InChI=1S/C5H12OSi/c1-2-3-4-5-7-6/h7H,2-5H2,1H3. The largest absolute Gasteiger partial charge is 0.392 e. The monoisotopic (exact) mass is 116 g/mol. The van der Waals surface area contributed by atoms with Crippen molar-refractivity contribution in [2.75, 3.05) is 0 Å². The SMILES string of the molecule is CCCCC[SiH]=O. The Kier molecular flexibility index (Phi) is 6.03. The molecular weight excluding hydrogens is 104 g/mol. The van der Waals surface area contributed by atoms with E-state index in [0.29, 0.717) is 0 Å². The molecule has 0 fully saturated rings. The van der Waals surface area contributed by atoms with E-state index in [-0.39, 0.29) is 0 Å². The van der Waals surface area contributed by atoms with Crippen LogP contribution in [0, 0.1) is 0 Å². The van der Waals surface area contributed by atoms with Crippen LogP contribution in [0.1, 0.15) is 26.2 Å². The number of hydrogen-bond acceptors (Lipinski definition) is 1. The molecule has 0 bridgehead atoms. The molecule has 0 radical (unpaired) electrons. The van der Waals surface area contributed by atoms with E-state index in [9.17, 15) is 4.46 Å². The molecule has 0 saturated carbocycles. The molecule has 0 spiro atoms. The molecule has 0 amide bonds. The zero-order valence-corrected chi connectivity index (χ0v) is 5.97. The van der Waals surface area contributed by atoms with Crippen LogP contribution in [0.3, 0.4) is 0 Å². The maximum atomic E-state index is 9.89. The van der Waals surface area contributed by atoms with Crippen LogP contribution in [0.2, 0.25) is 6.04 Å². The van der Waals surface area contributed by atoms with Gasteiger partial charge in [0.25, 0.3) is 9.41 Å². The Hall–Kier alpha value is 0.0169. The van der Waals surface area contributed by atoms with Gasteiger partial charge in [0.1, 0.15) is 0 Å². The van der Waals surface area contributed by atoms with E-state index in [4.69, 9.17) is 0 Å². The normalized spacial score (nSPS) is 8.71. The Labute approximate surface area is 47.0 Å². The van der Waals surface area contributed by atoms with Gasteiger partial charge in [-0.2, -0.15) is 0 Å². The number of hydrogen-bond donors (Lipinski definition) is 0. The van der Waals surface area contributed by atoms with Gasteiger partial charge in [-0.15, -0.1) is 0 Å². The van der Waals surface area contributed by atoms with Crippen LogP contribution in [0.25, 0.3) is 0 Å². The van der Waals surface area contributed by atoms with Crippen molar-refractivity contribution in [3.05, 3.63) is 0 Å². The first kappa shape index (κ1) is 7.02. The third kappa shape index (κ3) is 6.02. The fraction of sp³-hybridized carbons (Fsp3) is 1.00. The molecule has 1 nitrogen and oxygen atoms in total. The molecule has 0 rings (SSSR count). The van der Waals surface area contributed by atoms with Crippen molar-refractivity contribution in [2.24, 2.45) is 0 Å². The van der Waals surface area contributed by atoms with E-state index in [1.165, 1.54) is 12.8 Å². The topological polar surface area (TPSA) is 17.1 Å². The van der Waals surface area contributed by atoms with Crippen molar-refractivity contribution in [3.8, 4) is 0 Å². The maximum Gasteiger partial charge on any atom is 0.261 e. The molecule has 0 N–H and O–H groups in total. The average molecular weight is 116 g/mol. The summed E-state index contributed by atoms with van der Waals surface area (Å²) in [4.78, 5) is 0. The minimum Gasteiger partial charge on any atom is -0.392 e. The van der Waals surface area contributed by atoms with E-state index in [1.54, 1.807) is 0 Å². The van der Waals surface area contributed by atoms with E-state index in [0.717, 1.165) is 12.5 Å². The van der Waals surface area contributed by atoms with Crippen LogP contribution in [0.4, 0.5) is 0 Å². The second-order valence-corrected chi connectivity index (χ2v) is 2.57.